The van der Waals surface area contributed by atoms with Gasteiger partial charge in [-0.25, -0.2) is 0 Å². The lowest BCUT2D eigenvalue weighted by Crippen LogP contribution is -2.35. The highest BCUT2D eigenvalue weighted by Gasteiger charge is 2.23. The molecule has 0 fully saturated rings. The van der Waals surface area contributed by atoms with E-state index in [-0.39, 0.29) is 12.0 Å². The van der Waals surface area contributed by atoms with Crippen molar-refractivity contribution in [3.8, 4) is 0 Å². The monoisotopic (exact) mass is 193 g/mol. The molecule has 0 aliphatic heterocycles. The van der Waals surface area contributed by atoms with Gasteiger partial charge in [-0.15, -0.1) is 0 Å². The van der Waals surface area contributed by atoms with Crippen molar-refractivity contribution in [3.05, 3.63) is 35.4 Å². The van der Waals surface area contributed by atoms with E-state index in [2.05, 4.69) is 19.1 Å². The van der Waals surface area contributed by atoms with Gasteiger partial charge in [-0.2, -0.15) is 0 Å². The predicted octanol–water partition coefficient (Wildman–Crippen LogP) is 1.46. The minimum atomic E-state index is -0.300. The maximum Gasteiger partial charge on any atom is 0.0537 e. The van der Waals surface area contributed by atoms with Crippen molar-refractivity contribution in [1.82, 2.24) is 0 Å². The van der Waals surface area contributed by atoms with Gasteiger partial charge in [0.05, 0.1) is 6.61 Å². The van der Waals surface area contributed by atoms with E-state index in [1.807, 2.05) is 19.1 Å². The van der Waals surface area contributed by atoms with Gasteiger partial charge in [0.1, 0.15) is 0 Å². The second-order valence-corrected chi connectivity index (χ2v) is 3.98. The number of nitrogens with two attached hydrogens (primary N) is 1. The second kappa shape index (κ2) is 4.58. The van der Waals surface area contributed by atoms with E-state index in [4.69, 9.17) is 5.73 Å². The molecule has 0 radical (unpaired) electrons. The van der Waals surface area contributed by atoms with Gasteiger partial charge in [-0.3, -0.25) is 0 Å². The molecule has 14 heavy (non-hydrogen) atoms. The zero-order chi connectivity index (χ0) is 10.6. The van der Waals surface area contributed by atoms with Crippen molar-refractivity contribution in [2.24, 2.45) is 5.73 Å². The molecule has 0 saturated heterocycles. The first kappa shape index (κ1) is 11.2. The van der Waals surface area contributed by atoms with Crippen molar-refractivity contribution < 1.29 is 5.11 Å². The first-order chi connectivity index (χ1) is 6.66. The van der Waals surface area contributed by atoms with Crippen LogP contribution in [0.1, 0.15) is 25.0 Å². The molecule has 1 atom stereocenters. The van der Waals surface area contributed by atoms with Gasteiger partial charge in [0, 0.05) is 12.0 Å². The highest BCUT2D eigenvalue weighted by atomic mass is 16.3. The summed E-state index contributed by atoms with van der Waals surface area (Å²) < 4.78 is 0. The summed E-state index contributed by atoms with van der Waals surface area (Å²) in [5.74, 6) is 0. The SMILES string of the molecule is CCc1cccc(C(C)(CN)CO)c1. The van der Waals surface area contributed by atoms with Crippen LogP contribution in [0.3, 0.4) is 0 Å². The Morgan fingerprint density at radius 1 is 1.43 bits per heavy atom. The number of aliphatic hydroxyl groups excluding tert-OH is 1. The number of benzene rings is 1. The van der Waals surface area contributed by atoms with Crippen LogP contribution in [0, 0.1) is 0 Å². The van der Waals surface area contributed by atoms with Crippen LogP contribution < -0.4 is 5.73 Å². The van der Waals surface area contributed by atoms with E-state index < -0.39 is 0 Å². The summed E-state index contributed by atoms with van der Waals surface area (Å²) in [6.07, 6.45) is 1.01. The molecule has 0 aliphatic rings. The predicted molar refractivity (Wildman–Crippen MR) is 59.3 cm³/mol. The Balaban J connectivity index is 3.04. The molecular weight excluding hydrogens is 174 g/mol. The molecule has 3 N–H and O–H groups in total. The normalized spacial score (nSPS) is 15.1. The number of aliphatic hydroxyl groups is 1. The van der Waals surface area contributed by atoms with Gasteiger partial charge in [-0.1, -0.05) is 38.1 Å². The van der Waals surface area contributed by atoms with Crippen LogP contribution in [0.15, 0.2) is 24.3 Å². The third-order valence-corrected chi connectivity index (χ3v) is 2.83. The van der Waals surface area contributed by atoms with Crippen LogP contribution in [0.5, 0.6) is 0 Å². The molecule has 78 valence electrons. The maximum absolute atomic E-state index is 9.32. The summed E-state index contributed by atoms with van der Waals surface area (Å²) in [4.78, 5) is 0. The van der Waals surface area contributed by atoms with Crippen LogP contribution in [0.4, 0.5) is 0 Å². The fourth-order valence-corrected chi connectivity index (χ4v) is 1.44. The van der Waals surface area contributed by atoms with Crippen molar-refractivity contribution in [1.29, 1.82) is 0 Å². The Kier molecular flexibility index (Phi) is 3.67. The molecule has 0 aromatic heterocycles. The molecule has 2 nitrogen and oxygen atoms in total. The highest BCUT2D eigenvalue weighted by molar-refractivity contribution is 5.30. The topological polar surface area (TPSA) is 46.2 Å². The zero-order valence-electron chi connectivity index (χ0n) is 8.96. The summed E-state index contributed by atoms with van der Waals surface area (Å²) in [6.45, 7) is 4.67. The third kappa shape index (κ3) is 2.14. The van der Waals surface area contributed by atoms with E-state index in [0.717, 1.165) is 12.0 Å². The van der Waals surface area contributed by atoms with Gasteiger partial charge < -0.3 is 10.8 Å². The van der Waals surface area contributed by atoms with Crippen molar-refractivity contribution in [2.75, 3.05) is 13.2 Å². The summed E-state index contributed by atoms with van der Waals surface area (Å²) in [5, 5.41) is 9.32. The number of aryl methyl sites for hydroxylation is 1. The van der Waals surface area contributed by atoms with Crippen LogP contribution in [-0.4, -0.2) is 18.3 Å². The fourth-order valence-electron chi connectivity index (χ4n) is 1.44. The van der Waals surface area contributed by atoms with Gasteiger partial charge in [0.25, 0.3) is 0 Å². The van der Waals surface area contributed by atoms with Crippen LogP contribution in [0.25, 0.3) is 0 Å². The lowest BCUT2D eigenvalue weighted by Gasteiger charge is -2.26. The third-order valence-electron chi connectivity index (χ3n) is 2.83. The Hall–Kier alpha value is -0.860. The van der Waals surface area contributed by atoms with Crippen molar-refractivity contribution >= 4 is 0 Å². The molecule has 0 bridgehead atoms. The number of rotatable bonds is 4. The lowest BCUT2D eigenvalue weighted by atomic mass is 9.82. The summed E-state index contributed by atoms with van der Waals surface area (Å²) in [7, 11) is 0. The lowest BCUT2D eigenvalue weighted by molar-refractivity contribution is 0.210. The van der Waals surface area contributed by atoms with Crippen molar-refractivity contribution in [3.63, 3.8) is 0 Å². The first-order valence-electron chi connectivity index (χ1n) is 5.06. The Labute approximate surface area is 85.8 Å². The molecule has 0 spiro atoms. The molecule has 1 rings (SSSR count). The van der Waals surface area contributed by atoms with Gasteiger partial charge in [0.15, 0.2) is 0 Å². The standard InChI is InChI=1S/C12H19NO/c1-3-10-5-4-6-11(7-10)12(2,8-13)9-14/h4-7,14H,3,8-9,13H2,1-2H3. The largest absolute Gasteiger partial charge is 0.395 e. The first-order valence-corrected chi connectivity index (χ1v) is 5.06. The summed E-state index contributed by atoms with van der Waals surface area (Å²) in [6, 6.07) is 8.28. The molecule has 0 heterocycles. The molecule has 1 aromatic rings. The van der Waals surface area contributed by atoms with E-state index in [1.165, 1.54) is 5.56 Å². The minimum absolute atomic E-state index is 0.0939. The maximum atomic E-state index is 9.32. The average Bonchev–Trinajstić information content (AvgIpc) is 2.28. The molecular formula is C12H19NO. The van der Waals surface area contributed by atoms with Crippen LogP contribution in [0.2, 0.25) is 0 Å². The van der Waals surface area contributed by atoms with Gasteiger partial charge in [0.2, 0.25) is 0 Å². The second-order valence-electron chi connectivity index (χ2n) is 3.98. The quantitative estimate of drug-likeness (QED) is 0.760. The molecule has 0 saturated carbocycles. The van der Waals surface area contributed by atoms with Crippen LogP contribution in [-0.2, 0) is 11.8 Å². The smallest absolute Gasteiger partial charge is 0.0537 e. The Morgan fingerprint density at radius 3 is 2.64 bits per heavy atom. The molecule has 1 unspecified atom stereocenters. The zero-order valence-corrected chi connectivity index (χ0v) is 8.96. The number of hydrogen-bond donors (Lipinski definition) is 2. The van der Waals surface area contributed by atoms with E-state index >= 15 is 0 Å². The van der Waals surface area contributed by atoms with Gasteiger partial charge in [-0.05, 0) is 17.5 Å². The highest BCUT2D eigenvalue weighted by Crippen LogP contribution is 2.22. The molecule has 2 heteroatoms. The molecule has 0 amide bonds. The fraction of sp³-hybridized carbons (Fsp3) is 0.500. The Bertz CT molecular complexity index is 292. The average molecular weight is 193 g/mol. The van der Waals surface area contributed by atoms with Gasteiger partial charge >= 0.3 is 0 Å². The summed E-state index contributed by atoms with van der Waals surface area (Å²) in [5.41, 5.74) is 7.80. The summed E-state index contributed by atoms with van der Waals surface area (Å²) >= 11 is 0. The van der Waals surface area contributed by atoms with Crippen molar-refractivity contribution in [2.45, 2.75) is 25.7 Å². The molecule has 0 aliphatic carbocycles. The Morgan fingerprint density at radius 2 is 2.14 bits per heavy atom. The van der Waals surface area contributed by atoms with E-state index in [9.17, 15) is 5.11 Å². The minimum Gasteiger partial charge on any atom is -0.395 e. The molecule has 1 aromatic carbocycles. The number of hydrogen-bond acceptors (Lipinski definition) is 2. The van der Waals surface area contributed by atoms with Crippen LogP contribution >= 0.6 is 0 Å². The van der Waals surface area contributed by atoms with E-state index in [0.29, 0.717) is 6.54 Å². The van der Waals surface area contributed by atoms with E-state index in [1.54, 1.807) is 0 Å².